The number of hydrogen-bond donors (Lipinski definition) is 0. The molecule has 1 atom stereocenters. The summed E-state index contributed by atoms with van der Waals surface area (Å²) in [6, 6.07) is 9.12. The molecule has 0 aliphatic carbocycles. The van der Waals surface area contributed by atoms with E-state index in [9.17, 15) is 13.2 Å². The molecule has 0 aliphatic heterocycles. The number of halogens is 6. The average Bonchev–Trinajstić information content (AvgIpc) is 2.50. The Labute approximate surface area is 153 Å². The van der Waals surface area contributed by atoms with Gasteiger partial charge in [0.05, 0.1) is 16.0 Å². The minimum Gasteiger partial charge on any atom is -0.170 e. The molecule has 0 saturated carbocycles. The molecule has 0 fully saturated rings. The van der Waals surface area contributed by atoms with Crippen LogP contribution >= 0.6 is 34.8 Å². The summed E-state index contributed by atoms with van der Waals surface area (Å²) in [5.41, 5.74) is 1.58. The molecule has 2 aromatic rings. The molecular formula is C18H14Cl3F3. The van der Waals surface area contributed by atoms with Crippen LogP contribution in [0.15, 0.2) is 42.5 Å². The molecule has 24 heavy (non-hydrogen) atoms. The van der Waals surface area contributed by atoms with Crippen molar-refractivity contribution in [2.24, 2.45) is 0 Å². The highest BCUT2D eigenvalue weighted by atomic mass is 35.5. The quantitative estimate of drug-likeness (QED) is 0.502. The molecule has 0 radical (unpaired) electrons. The van der Waals surface area contributed by atoms with E-state index in [-0.39, 0.29) is 15.6 Å². The molecule has 1 unspecified atom stereocenters. The summed E-state index contributed by atoms with van der Waals surface area (Å²) in [7, 11) is 0. The predicted molar refractivity (Wildman–Crippen MR) is 95.1 cm³/mol. The van der Waals surface area contributed by atoms with E-state index in [0.29, 0.717) is 10.6 Å². The van der Waals surface area contributed by atoms with Crippen molar-refractivity contribution in [2.75, 3.05) is 0 Å². The van der Waals surface area contributed by atoms with Gasteiger partial charge in [-0.25, -0.2) is 0 Å². The third-order valence-electron chi connectivity index (χ3n) is 3.59. The Hall–Kier alpha value is -1.16. The zero-order valence-electron chi connectivity index (χ0n) is 12.7. The third-order valence-corrected chi connectivity index (χ3v) is 4.69. The van der Waals surface area contributed by atoms with Crippen LogP contribution in [0.5, 0.6) is 0 Å². The highest BCUT2D eigenvalue weighted by Crippen LogP contribution is 2.38. The first kappa shape index (κ1) is 19.2. The van der Waals surface area contributed by atoms with Crippen molar-refractivity contribution >= 4 is 40.9 Å². The Bertz CT molecular complexity index is 752. The lowest BCUT2D eigenvalue weighted by atomic mass is 9.97. The fraction of sp³-hybridized carbons (Fsp3) is 0.222. The van der Waals surface area contributed by atoms with Crippen LogP contribution < -0.4 is 0 Å². The van der Waals surface area contributed by atoms with E-state index in [1.807, 2.05) is 13.0 Å². The molecule has 6 heteroatoms. The van der Waals surface area contributed by atoms with Crippen LogP contribution in [0, 0.1) is 0 Å². The zero-order chi connectivity index (χ0) is 17.9. The molecule has 2 rings (SSSR count). The van der Waals surface area contributed by atoms with Gasteiger partial charge in [0.15, 0.2) is 0 Å². The van der Waals surface area contributed by atoms with E-state index in [4.69, 9.17) is 34.8 Å². The van der Waals surface area contributed by atoms with Gasteiger partial charge in [0.1, 0.15) is 0 Å². The fourth-order valence-corrected chi connectivity index (χ4v) is 2.91. The van der Waals surface area contributed by atoms with E-state index in [1.165, 1.54) is 24.3 Å². The van der Waals surface area contributed by atoms with Gasteiger partial charge in [0, 0.05) is 5.02 Å². The van der Waals surface area contributed by atoms with E-state index < -0.39 is 12.1 Å². The molecule has 0 bridgehead atoms. The van der Waals surface area contributed by atoms with Gasteiger partial charge in [-0.1, -0.05) is 72.1 Å². The minimum absolute atomic E-state index is 0.0319. The normalized spacial score (nSPS) is 13.5. The van der Waals surface area contributed by atoms with Gasteiger partial charge < -0.3 is 0 Å². The van der Waals surface area contributed by atoms with Crippen LogP contribution in [-0.4, -0.2) is 6.18 Å². The molecule has 0 N–H and O–H groups in total. The Kier molecular flexibility index (Phi) is 6.24. The first-order valence-electron chi connectivity index (χ1n) is 7.20. The molecular weight excluding hydrogens is 380 g/mol. The number of alkyl halides is 3. The Morgan fingerprint density at radius 2 is 1.67 bits per heavy atom. The second kappa shape index (κ2) is 7.81. The number of hydrogen-bond acceptors (Lipinski definition) is 0. The van der Waals surface area contributed by atoms with Gasteiger partial charge in [-0.05, 0) is 41.3 Å². The molecule has 0 saturated heterocycles. The Morgan fingerprint density at radius 1 is 0.958 bits per heavy atom. The summed E-state index contributed by atoms with van der Waals surface area (Å²) in [4.78, 5) is 0. The molecule has 0 aromatic heterocycles. The van der Waals surface area contributed by atoms with Gasteiger partial charge in [-0.3, -0.25) is 0 Å². The minimum atomic E-state index is -4.44. The van der Waals surface area contributed by atoms with Gasteiger partial charge in [-0.15, -0.1) is 0 Å². The molecule has 0 spiro atoms. The van der Waals surface area contributed by atoms with Crippen molar-refractivity contribution < 1.29 is 13.2 Å². The maximum absolute atomic E-state index is 13.4. The monoisotopic (exact) mass is 392 g/mol. The molecule has 0 amide bonds. The number of aryl methyl sites for hydroxylation is 1. The van der Waals surface area contributed by atoms with Crippen molar-refractivity contribution in [3.63, 3.8) is 0 Å². The lowest BCUT2D eigenvalue weighted by Crippen LogP contribution is -2.18. The lowest BCUT2D eigenvalue weighted by Gasteiger charge is -2.18. The molecule has 0 heterocycles. The van der Waals surface area contributed by atoms with E-state index >= 15 is 0 Å². The summed E-state index contributed by atoms with van der Waals surface area (Å²) in [6.07, 6.45) is -1.18. The first-order chi connectivity index (χ1) is 11.2. The van der Waals surface area contributed by atoms with Crippen LogP contribution in [-0.2, 0) is 6.42 Å². The van der Waals surface area contributed by atoms with Crippen LogP contribution in [0.3, 0.4) is 0 Å². The highest BCUT2D eigenvalue weighted by molar-refractivity contribution is 6.42. The molecule has 0 aliphatic rings. The van der Waals surface area contributed by atoms with Gasteiger partial charge in [-0.2, -0.15) is 13.2 Å². The first-order valence-corrected chi connectivity index (χ1v) is 8.34. The maximum atomic E-state index is 13.4. The van der Waals surface area contributed by atoms with Gasteiger partial charge in [0.25, 0.3) is 0 Å². The largest absolute Gasteiger partial charge is 0.399 e. The Balaban J connectivity index is 2.36. The highest BCUT2D eigenvalue weighted by Gasteiger charge is 2.39. The van der Waals surface area contributed by atoms with Crippen LogP contribution in [0.4, 0.5) is 13.2 Å². The van der Waals surface area contributed by atoms with Crippen LogP contribution in [0.25, 0.3) is 6.08 Å². The smallest absolute Gasteiger partial charge is 0.170 e. The van der Waals surface area contributed by atoms with Crippen LogP contribution in [0.1, 0.15) is 29.5 Å². The predicted octanol–water partition coefficient (Wildman–Crippen LogP) is 7.57. The van der Waals surface area contributed by atoms with Crippen LogP contribution in [0.2, 0.25) is 15.1 Å². The zero-order valence-corrected chi connectivity index (χ0v) is 14.9. The lowest BCUT2D eigenvalue weighted by molar-refractivity contribution is -0.139. The van der Waals surface area contributed by atoms with Crippen molar-refractivity contribution in [2.45, 2.75) is 25.4 Å². The Morgan fingerprint density at radius 3 is 2.21 bits per heavy atom. The summed E-state index contributed by atoms with van der Waals surface area (Å²) in [5.74, 6) is -1.78. The summed E-state index contributed by atoms with van der Waals surface area (Å²) in [6.45, 7) is 1.96. The topological polar surface area (TPSA) is 0 Å². The second-order valence-corrected chi connectivity index (χ2v) is 6.48. The van der Waals surface area contributed by atoms with E-state index in [1.54, 1.807) is 12.1 Å². The third kappa shape index (κ3) is 4.69. The van der Waals surface area contributed by atoms with Crippen molar-refractivity contribution in [3.05, 3.63) is 74.2 Å². The van der Waals surface area contributed by atoms with Crippen molar-refractivity contribution in [1.82, 2.24) is 0 Å². The second-order valence-electron chi connectivity index (χ2n) is 5.26. The summed E-state index contributed by atoms with van der Waals surface area (Å²) < 4.78 is 40.2. The summed E-state index contributed by atoms with van der Waals surface area (Å²) >= 11 is 17.7. The SMILES string of the molecule is CCc1ccc(/C=C/C(c2ccc(Cl)c(Cl)c2)C(F)(F)F)cc1Cl. The van der Waals surface area contributed by atoms with E-state index in [0.717, 1.165) is 18.1 Å². The number of benzene rings is 2. The standard InChI is InChI=1S/C18H14Cl3F3/c1-2-12-5-3-11(9-16(12)20)4-7-14(18(22,23)24)13-6-8-15(19)17(21)10-13/h3-10,14H,2H2,1H3/b7-4+. The van der Waals surface area contributed by atoms with Crippen molar-refractivity contribution in [1.29, 1.82) is 0 Å². The molecule has 128 valence electrons. The maximum Gasteiger partial charge on any atom is 0.399 e. The molecule has 2 aromatic carbocycles. The number of rotatable bonds is 4. The van der Waals surface area contributed by atoms with E-state index in [2.05, 4.69) is 0 Å². The molecule has 0 nitrogen and oxygen atoms in total. The average molecular weight is 394 g/mol. The van der Waals surface area contributed by atoms with Gasteiger partial charge in [0.2, 0.25) is 0 Å². The van der Waals surface area contributed by atoms with Gasteiger partial charge >= 0.3 is 6.18 Å². The van der Waals surface area contributed by atoms with Crippen molar-refractivity contribution in [3.8, 4) is 0 Å². The summed E-state index contributed by atoms with van der Waals surface area (Å²) in [5, 5.41) is 0.845. The fourth-order valence-electron chi connectivity index (χ4n) is 2.28. The number of allylic oxidation sites excluding steroid dienone is 1.